The van der Waals surface area contributed by atoms with Gasteiger partial charge in [-0.3, -0.25) is 14.5 Å². The van der Waals surface area contributed by atoms with Gasteiger partial charge in [0.05, 0.1) is 18.1 Å². The minimum absolute atomic E-state index is 0.00403. The van der Waals surface area contributed by atoms with E-state index in [4.69, 9.17) is 4.74 Å². The molecule has 0 unspecified atom stereocenters. The fourth-order valence-corrected chi connectivity index (χ4v) is 6.94. The van der Waals surface area contributed by atoms with Crippen LogP contribution in [-0.4, -0.2) is 71.5 Å². The maximum atomic E-state index is 12.6. The predicted octanol–water partition coefficient (Wildman–Crippen LogP) is 1.17. The third kappa shape index (κ3) is 2.89. The van der Waals surface area contributed by atoms with Crippen molar-refractivity contribution in [3.63, 3.8) is 0 Å². The van der Waals surface area contributed by atoms with Crippen LogP contribution in [0.5, 0.6) is 11.5 Å². The minimum Gasteiger partial charge on any atom is -0.504 e. The first kappa shape index (κ1) is 21.0. The first-order valence-electron chi connectivity index (χ1n) is 11.9. The number of phenolic OH excluding ortho intramolecular Hbond substituents is 1. The lowest BCUT2D eigenvalue weighted by Gasteiger charge is -2.63. The average Bonchev–Trinajstić information content (AvgIpc) is 3.54. The van der Waals surface area contributed by atoms with E-state index in [0.717, 1.165) is 42.1 Å². The molecule has 1 spiro atoms. The molecule has 3 fully saturated rings. The van der Waals surface area contributed by atoms with E-state index < -0.39 is 23.1 Å². The molecule has 1 amide bonds. The zero-order chi connectivity index (χ0) is 23.0. The molecule has 3 N–H and O–H groups in total. The summed E-state index contributed by atoms with van der Waals surface area (Å²) in [7, 11) is 1.27. The quantitative estimate of drug-likeness (QED) is 0.453. The molecular formula is C25H30N2O6. The lowest BCUT2D eigenvalue weighted by Crippen LogP contribution is -2.75. The van der Waals surface area contributed by atoms with Crippen LogP contribution in [0.15, 0.2) is 23.8 Å². The summed E-state index contributed by atoms with van der Waals surface area (Å²) in [4.78, 5) is 26.5. The number of benzene rings is 1. The first-order chi connectivity index (χ1) is 15.9. The molecule has 176 valence electrons. The molecule has 8 nitrogen and oxygen atoms in total. The van der Waals surface area contributed by atoms with Gasteiger partial charge in [-0.05, 0) is 68.2 Å². The molecule has 6 rings (SSSR count). The van der Waals surface area contributed by atoms with Gasteiger partial charge < -0.3 is 25.0 Å². The third-order valence-electron chi connectivity index (χ3n) is 8.60. The summed E-state index contributed by atoms with van der Waals surface area (Å²) in [6.07, 6.45) is 6.01. The molecular weight excluding hydrogens is 424 g/mol. The topological polar surface area (TPSA) is 108 Å². The van der Waals surface area contributed by atoms with E-state index in [1.165, 1.54) is 26.0 Å². The Hall–Kier alpha value is -2.58. The molecule has 0 aromatic heterocycles. The minimum atomic E-state index is -0.989. The number of carbonyl (C=O) groups is 2. The van der Waals surface area contributed by atoms with Crippen molar-refractivity contribution in [2.75, 3.05) is 26.7 Å². The molecule has 2 heterocycles. The van der Waals surface area contributed by atoms with Crippen LogP contribution >= 0.6 is 0 Å². The Morgan fingerprint density at radius 2 is 2.15 bits per heavy atom. The van der Waals surface area contributed by atoms with E-state index in [-0.39, 0.29) is 24.2 Å². The maximum absolute atomic E-state index is 12.6. The highest BCUT2D eigenvalue weighted by Gasteiger charge is 2.72. The number of piperidine rings is 1. The van der Waals surface area contributed by atoms with Gasteiger partial charge in [0.15, 0.2) is 11.5 Å². The summed E-state index contributed by atoms with van der Waals surface area (Å²) in [5.74, 6) is 0.351. The fraction of sp³-hybridized carbons (Fsp3) is 0.600. The Balaban J connectivity index is 1.41. The molecule has 1 aromatic rings. The van der Waals surface area contributed by atoms with Gasteiger partial charge in [-0.2, -0.15) is 0 Å². The van der Waals surface area contributed by atoms with Gasteiger partial charge >= 0.3 is 5.97 Å². The van der Waals surface area contributed by atoms with Crippen molar-refractivity contribution >= 4 is 11.9 Å². The number of ether oxygens (including phenoxy) is 2. The number of hydrogen-bond acceptors (Lipinski definition) is 7. The van der Waals surface area contributed by atoms with Gasteiger partial charge in [0.1, 0.15) is 12.6 Å². The number of phenols is 1. The molecule has 2 saturated carbocycles. The van der Waals surface area contributed by atoms with Crippen LogP contribution in [-0.2, 0) is 26.2 Å². The Labute approximate surface area is 192 Å². The van der Waals surface area contributed by atoms with Gasteiger partial charge in [0.25, 0.3) is 0 Å². The van der Waals surface area contributed by atoms with Gasteiger partial charge in [-0.25, -0.2) is 0 Å². The monoisotopic (exact) mass is 454 g/mol. The summed E-state index contributed by atoms with van der Waals surface area (Å²) in [5.41, 5.74) is 1.16. The van der Waals surface area contributed by atoms with Crippen LogP contribution in [0, 0.1) is 5.92 Å². The van der Waals surface area contributed by atoms with Crippen molar-refractivity contribution in [1.82, 2.24) is 10.2 Å². The molecule has 0 radical (unpaired) electrons. The van der Waals surface area contributed by atoms with Crippen LogP contribution in [0.2, 0.25) is 0 Å². The number of rotatable bonds is 5. The SMILES string of the molecule is COC(=O)CNC(=O)/C=C1/CC[C@@]2(O)[C@H]3Cc4ccc(O)c5c4[C@@]2(CCN3CC2CC2)[C@H]1O5. The molecule has 3 aliphatic carbocycles. The molecule has 1 saturated heterocycles. The molecule has 4 atom stereocenters. The maximum Gasteiger partial charge on any atom is 0.325 e. The van der Waals surface area contributed by atoms with Crippen LogP contribution in [0.4, 0.5) is 0 Å². The summed E-state index contributed by atoms with van der Waals surface area (Å²) in [6.45, 7) is 1.68. The smallest absolute Gasteiger partial charge is 0.325 e. The number of amides is 1. The van der Waals surface area contributed by atoms with E-state index in [1.54, 1.807) is 6.07 Å². The Bertz CT molecular complexity index is 1070. The Kier molecular flexibility index (Phi) is 4.58. The van der Waals surface area contributed by atoms with Crippen LogP contribution in [0.1, 0.15) is 43.2 Å². The van der Waals surface area contributed by atoms with E-state index in [0.29, 0.717) is 25.0 Å². The van der Waals surface area contributed by atoms with Gasteiger partial charge in [0.2, 0.25) is 5.91 Å². The number of nitrogens with zero attached hydrogens (tertiary/aromatic N) is 1. The second kappa shape index (κ2) is 7.21. The number of nitrogens with one attached hydrogen (secondary N) is 1. The fourth-order valence-electron chi connectivity index (χ4n) is 6.94. The number of carbonyl (C=O) groups excluding carboxylic acids is 2. The van der Waals surface area contributed by atoms with E-state index in [1.807, 2.05) is 6.07 Å². The summed E-state index contributed by atoms with van der Waals surface area (Å²) < 4.78 is 11.0. The zero-order valence-corrected chi connectivity index (χ0v) is 18.8. The summed E-state index contributed by atoms with van der Waals surface area (Å²) in [5, 5.41) is 25.6. The van der Waals surface area contributed by atoms with Crippen molar-refractivity contribution in [2.24, 2.45) is 5.92 Å². The molecule has 2 aliphatic heterocycles. The molecule has 1 aromatic carbocycles. The van der Waals surface area contributed by atoms with Crippen molar-refractivity contribution in [1.29, 1.82) is 0 Å². The number of aromatic hydroxyl groups is 1. The highest BCUT2D eigenvalue weighted by Crippen LogP contribution is 2.66. The van der Waals surface area contributed by atoms with E-state index in [2.05, 4.69) is 15.0 Å². The average molecular weight is 455 g/mol. The highest BCUT2D eigenvalue weighted by molar-refractivity contribution is 5.91. The Morgan fingerprint density at radius 3 is 2.91 bits per heavy atom. The second-order valence-electron chi connectivity index (χ2n) is 10.3. The van der Waals surface area contributed by atoms with E-state index in [9.17, 15) is 19.8 Å². The number of hydrogen-bond donors (Lipinski definition) is 3. The van der Waals surface area contributed by atoms with Crippen molar-refractivity contribution in [2.45, 2.75) is 61.7 Å². The van der Waals surface area contributed by atoms with Crippen molar-refractivity contribution < 1.29 is 29.3 Å². The van der Waals surface area contributed by atoms with Gasteiger partial charge in [-0.15, -0.1) is 0 Å². The third-order valence-corrected chi connectivity index (χ3v) is 8.60. The largest absolute Gasteiger partial charge is 0.504 e. The number of methoxy groups -OCH3 is 1. The van der Waals surface area contributed by atoms with E-state index >= 15 is 0 Å². The van der Waals surface area contributed by atoms with Gasteiger partial charge in [-0.1, -0.05) is 6.07 Å². The summed E-state index contributed by atoms with van der Waals surface area (Å²) in [6, 6.07) is 3.64. The molecule has 5 aliphatic rings. The first-order valence-corrected chi connectivity index (χ1v) is 11.9. The van der Waals surface area contributed by atoms with Crippen molar-refractivity contribution in [3.05, 3.63) is 34.9 Å². The molecule has 8 heteroatoms. The molecule has 2 bridgehead atoms. The second-order valence-corrected chi connectivity index (χ2v) is 10.3. The standard InChI is InChI=1S/C25H30N2O6/c1-32-20(30)12-26-19(29)11-16-6-7-25(31)18-10-15-4-5-17(28)22-21(15)24(25,23(16)33-22)8-9-27(18)13-14-2-3-14/h4-5,11,14,18,23,28,31H,2-3,6-10,12-13H2,1H3,(H,26,29)/b16-11-/t18-,23+,24+,25-/m1/s1. The predicted molar refractivity (Wildman–Crippen MR) is 118 cm³/mol. The van der Waals surface area contributed by atoms with Crippen LogP contribution < -0.4 is 10.1 Å². The number of likely N-dealkylation sites (tertiary alicyclic amines) is 1. The molecule has 33 heavy (non-hydrogen) atoms. The number of aliphatic hydroxyl groups is 1. The number of esters is 1. The zero-order valence-electron chi connectivity index (χ0n) is 18.8. The normalized spacial score (nSPS) is 35.0. The lowest BCUT2D eigenvalue weighted by molar-refractivity contribution is -0.174. The van der Waals surface area contributed by atoms with Crippen LogP contribution in [0.3, 0.4) is 0 Å². The Morgan fingerprint density at radius 1 is 1.33 bits per heavy atom. The lowest BCUT2D eigenvalue weighted by atomic mass is 9.48. The van der Waals surface area contributed by atoms with Crippen molar-refractivity contribution in [3.8, 4) is 11.5 Å². The van der Waals surface area contributed by atoms with Crippen LogP contribution in [0.25, 0.3) is 0 Å². The highest BCUT2D eigenvalue weighted by atomic mass is 16.5. The van der Waals surface area contributed by atoms with Gasteiger partial charge in [0, 0.05) is 24.2 Å². The summed E-state index contributed by atoms with van der Waals surface area (Å²) >= 11 is 0.